The van der Waals surface area contributed by atoms with Gasteiger partial charge in [-0.05, 0) is 29.7 Å². The highest BCUT2D eigenvalue weighted by Gasteiger charge is 2.13. The van der Waals surface area contributed by atoms with Crippen molar-refractivity contribution in [3.05, 3.63) is 71.2 Å². The largest absolute Gasteiger partial charge is 0.502 e. The molecule has 1 aromatic heterocycles. The molecule has 0 saturated heterocycles. The Labute approximate surface area is 144 Å². The van der Waals surface area contributed by atoms with Crippen LogP contribution in [0, 0.1) is 0 Å². The average molecular weight is 338 g/mol. The van der Waals surface area contributed by atoms with Crippen molar-refractivity contribution in [3.8, 4) is 0 Å². The highest BCUT2D eigenvalue weighted by atomic mass is 16.5. The van der Waals surface area contributed by atoms with Crippen LogP contribution in [0.1, 0.15) is 17.0 Å². The van der Waals surface area contributed by atoms with E-state index in [2.05, 4.69) is 17.1 Å². The number of carboxylic acids is 1. The van der Waals surface area contributed by atoms with Crippen molar-refractivity contribution in [3.63, 3.8) is 0 Å². The number of benzene rings is 2. The van der Waals surface area contributed by atoms with Crippen LogP contribution in [0.3, 0.4) is 0 Å². The topological polar surface area (TPSA) is 84.6 Å². The molecule has 3 aromatic rings. The number of hydrogen-bond acceptors (Lipinski definition) is 4. The number of rotatable bonds is 6. The van der Waals surface area contributed by atoms with E-state index in [-0.39, 0.29) is 6.73 Å². The standard InChI is InChI=1S/C19H18N2O4/c1-25-12-21-16-8-7-14(9-13-5-3-2-4-6-13)10-15(16)20-18(21)11-17(22)19(23)24/h2-8,10-11,22H,9,12H2,1H3,(H,23,24)/b17-11-. The number of imidazole rings is 1. The quantitative estimate of drug-likeness (QED) is 0.532. The average Bonchev–Trinajstić information content (AvgIpc) is 2.93. The Morgan fingerprint density at radius 1 is 1.16 bits per heavy atom. The van der Waals surface area contributed by atoms with Gasteiger partial charge in [0, 0.05) is 13.2 Å². The molecule has 0 fully saturated rings. The fraction of sp³-hybridized carbons (Fsp3) is 0.158. The fourth-order valence-electron chi connectivity index (χ4n) is 2.69. The van der Waals surface area contributed by atoms with Crippen molar-refractivity contribution in [2.24, 2.45) is 0 Å². The monoisotopic (exact) mass is 338 g/mol. The number of ether oxygens (including phenoxy) is 1. The molecule has 0 saturated carbocycles. The van der Waals surface area contributed by atoms with Crippen molar-refractivity contribution in [1.29, 1.82) is 0 Å². The second-order valence-electron chi connectivity index (χ2n) is 5.64. The minimum atomic E-state index is -1.40. The van der Waals surface area contributed by atoms with E-state index in [4.69, 9.17) is 9.84 Å². The van der Waals surface area contributed by atoms with E-state index in [9.17, 15) is 9.90 Å². The molecule has 3 rings (SSSR count). The first-order valence-corrected chi connectivity index (χ1v) is 7.74. The zero-order chi connectivity index (χ0) is 17.8. The van der Waals surface area contributed by atoms with Gasteiger partial charge in [0.2, 0.25) is 5.76 Å². The van der Waals surface area contributed by atoms with E-state index in [0.717, 1.165) is 29.1 Å². The molecule has 0 aliphatic carbocycles. The molecular formula is C19H18N2O4. The first kappa shape index (κ1) is 16.7. The maximum atomic E-state index is 10.9. The summed E-state index contributed by atoms with van der Waals surface area (Å²) in [5.74, 6) is -1.84. The van der Waals surface area contributed by atoms with Crippen LogP contribution in [0.2, 0.25) is 0 Å². The minimum absolute atomic E-state index is 0.202. The van der Waals surface area contributed by atoms with Gasteiger partial charge in [-0.2, -0.15) is 0 Å². The Hall–Kier alpha value is -3.12. The summed E-state index contributed by atoms with van der Waals surface area (Å²) in [5, 5.41) is 18.4. The summed E-state index contributed by atoms with van der Waals surface area (Å²) in [4.78, 5) is 15.3. The molecule has 1 heterocycles. The fourth-order valence-corrected chi connectivity index (χ4v) is 2.69. The first-order chi connectivity index (χ1) is 12.1. The summed E-state index contributed by atoms with van der Waals surface area (Å²) in [5.41, 5.74) is 3.82. The number of carbonyl (C=O) groups is 1. The van der Waals surface area contributed by atoms with E-state index in [1.165, 1.54) is 5.56 Å². The van der Waals surface area contributed by atoms with Gasteiger partial charge in [-0.15, -0.1) is 0 Å². The minimum Gasteiger partial charge on any atom is -0.502 e. The Balaban J connectivity index is 2.02. The van der Waals surface area contributed by atoms with Crippen LogP contribution in [-0.4, -0.2) is 32.8 Å². The molecule has 0 spiro atoms. The van der Waals surface area contributed by atoms with Crippen molar-refractivity contribution < 1.29 is 19.7 Å². The highest BCUT2D eigenvalue weighted by Crippen LogP contribution is 2.21. The van der Waals surface area contributed by atoms with Crippen LogP contribution in [0.25, 0.3) is 17.1 Å². The summed E-state index contributed by atoms with van der Waals surface area (Å²) in [6.07, 6.45) is 1.90. The van der Waals surface area contributed by atoms with Gasteiger partial charge >= 0.3 is 5.97 Å². The van der Waals surface area contributed by atoms with E-state index in [1.807, 2.05) is 36.4 Å². The second kappa shape index (κ2) is 7.19. The molecular weight excluding hydrogens is 320 g/mol. The second-order valence-corrected chi connectivity index (χ2v) is 5.64. The summed E-state index contributed by atoms with van der Waals surface area (Å²) in [6.45, 7) is 0.202. The summed E-state index contributed by atoms with van der Waals surface area (Å²) < 4.78 is 6.88. The van der Waals surface area contributed by atoms with E-state index >= 15 is 0 Å². The molecule has 0 unspecified atom stereocenters. The lowest BCUT2D eigenvalue weighted by atomic mass is 10.0. The zero-order valence-corrected chi connectivity index (χ0v) is 13.7. The van der Waals surface area contributed by atoms with Crippen molar-refractivity contribution in [2.45, 2.75) is 13.2 Å². The Bertz CT molecular complexity index is 929. The molecule has 0 radical (unpaired) electrons. The van der Waals surface area contributed by atoms with Crippen LogP contribution in [-0.2, 0) is 22.7 Å². The molecule has 128 valence electrons. The van der Waals surface area contributed by atoms with Crippen molar-refractivity contribution in [2.75, 3.05) is 7.11 Å². The van der Waals surface area contributed by atoms with Gasteiger partial charge in [0.25, 0.3) is 0 Å². The van der Waals surface area contributed by atoms with Gasteiger partial charge in [-0.1, -0.05) is 36.4 Å². The molecule has 2 aromatic carbocycles. The number of aliphatic carboxylic acids is 1. The smallest absolute Gasteiger partial charge is 0.371 e. The van der Waals surface area contributed by atoms with Crippen molar-refractivity contribution >= 4 is 23.1 Å². The van der Waals surface area contributed by atoms with Crippen LogP contribution < -0.4 is 0 Å². The third-order valence-electron chi connectivity index (χ3n) is 3.84. The summed E-state index contributed by atoms with van der Waals surface area (Å²) in [7, 11) is 1.54. The van der Waals surface area contributed by atoms with Gasteiger partial charge in [0.15, 0.2) is 0 Å². The Morgan fingerprint density at radius 2 is 1.92 bits per heavy atom. The van der Waals surface area contributed by atoms with E-state index in [0.29, 0.717) is 5.82 Å². The molecule has 6 heteroatoms. The number of aromatic nitrogens is 2. The van der Waals surface area contributed by atoms with Crippen LogP contribution in [0.4, 0.5) is 0 Å². The molecule has 6 nitrogen and oxygen atoms in total. The number of nitrogens with zero attached hydrogens (tertiary/aromatic N) is 2. The predicted molar refractivity (Wildman–Crippen MR) is 94.2 cm³/mol. The Morgan fingerprint density at radius 3 is 2.60 bits per heavy atom. The maximum Gasteiger partial charge on any atom is 0.371 e. The van der Waals surface area contributed by atoms with Gasteiger partial charge in [0.1, 0.15) is 12.6 Å². The molecule has 25 heavy (non-hydrogen) atoms. The molecule has 0 aliphatic rings. The van der Waals surface area contributed by atoms with Crippen molar-refractivity contribution in [1.82, 2.24) is 9.55 Å². The molecule has 0 bridgehead atoms. The SMILES string of the molecule is COCn1c(/C=C(\O)C(=O)O)nc2cc(Cc3ccccc3)ccc21. The lowest BCUT2D eigenvalue weighted by Gasteiger charge is -2.06. The van der Waals surface area contributed by atoms with Gasteiger partial charge in [0.05, 0.1) is 11.0 Å². The van der Waals surface area contributed by atoms with Crippen LogP contribution >= 0.6 is 0 Å². The highest BCUT2D eigenvalue weighted by molar-refractivity contribution is 5.89. The first-order valence-electron chi connectivity index (χ1n) is 7.74. The van der Waals surface area contributed by atoms with Gasteiger partial charge in [-0.25, -0.2) is 9.78 Å². The van der Waals surface area contributed by atoms with E-state index in [1.54, 1.807) is 11.7 Å². The zero-order valence-electron chi connectivity index (χ0n) is 13.7. The third kappa shape index (κ3) is 3.70. The molecule has 2 N–H and O–H groups in total. The third-order valence-corrected chi connectivity index (χ3v) is 3.84. The lowest BCUT2D eigenvalue weighted by molar-refractivity contribution is -0.135. The normalized spacial score (nSPS) is 11.8. The number of aliphatic hydroxyl groups excluding tert-OH is 1. The van der Waals surface area contributed by atoms with Gasteiger partial charge in [-0.3, -0.25) is 0 Å². The summed E-state index contributed by atoms with van der Waals surface area (Å²) in [6, 6.07) is 16.0. The number of aliphatic hydroxyl groups is 1. The number of fused-ring (bicyclic) bond motifs is 1. The van der Waals surface area contributed by atoms with Crippen LogP contribution in [0.15, 0.2) is 54.3 Å². The molecule has 0 aliphatic heterocycles. The van der Waals surface area contributed by atoms with E-state index < -0.39 is 11.7 Å². The van der Waals surface area contributed by atoms with Gasteiger partial charge < -0.3 is 19.5 Å². The molecule has 0 amide bonds. The maximum absolute atomic E-state index is 10.9. The Kier molecular flexibility index (Phi) is 4.81. The number of methoxy groups -OCH3 is 1. The number of hydrogen-bond donors (Lipinski definition) is 2. The van der Waals surface area contributed by atoms with Crippen LogP contribution in [0.5, 0.6) is 0 Å². The predicted octanol–water partition coefficient (Wildman–Crippen LogP) is 3.21. The number of carboxylic acid groups (broad SMARTS) is 1. The summed E-state index contributed by atoms with van der Waals surface area (Å²) >= 11 is 0. The lowest BCUT2D eigenvalue weighted by Crippen LogP contribution is -2.05. The molecule has 0 atom stereocenters.